The Morgan fingerprint density at radius 2 is 2.40 bits per heavy atom. The molecule has 2 rings (SSSR count). The maximum absolute atomic E-state index is 5.56. The summed E-state index contributed by atoms with van der Waals surface area (Å²) in [5.41, 5.74) is 1.75. The topological polar surface area (TPSA) is 26.0 Å². The van der Waals surface area contributed by atoms with Crippen LogP contribution in [0.1, 0.15) is 6.92 Å². The molecule has 0 amide bonds. The van der Waals surface area contributed by atoms with Crippen molar-refractivity contribution >= 4 is 34.6 Å². The van der Waals surface area contributed by atoms with Crippen molar-refractivity contribution in [1.29, 1.82) is 0 Å². The van der Waals surface area contributed by atoms with Crippen LogP contribution in [0.15, 0.2) is 44.7 Å². The number of oxazole rings is 1. The van der Waals surface area contributed by atoms with Crippen molar-refractivity contribution in [2.75, 3.05) is 5.75 Å². The molecule has 4 heteroatoms. The van der Waals surface area contributed by atoms with E-state index in [1.807, 2.05) is 12.1 Å². The lowest BCUT2D eigenvalue weighted by atomic mass is 10.3. The molecule has 1 aromatic carbocycles. The summed E-state index contributed by atoms with van der Waals surface area (Å²) in [6, 6.07) is 6.09. The molecule has 2 nitrogen and oxygen atoms in total. The zero-order valence-corrected chi connectivity index (χ0v) is 10.0. The van der Waals surface area contributed by atoms with Gasteiger partial charge < -0.3 is 4.42 Å². The molecule has 0 N–H and O–H groups in total. The summed E-state index contributed by atoms with van der Waals surface area (Å²) in [4.78, 5) is 5.54. The zero-order valence-electron chi connectivity index (χ0n) is 8.40. The SMILES string of the molecule is C=CSc1nc2ccc(SCC)cc2o1. The number of hydrogen-bond donors (Lipinski definition) is 0. The zero-order chi connectivity index (χ0) is 10.7. The van der Waals surface area contributed by atoms with Crippen LogP contribution in [0.4, 0.5) is 0 Å². The van der Waals surface area contributed by atoms with Crippen LogP contribution >= 0.6 is 23.5 Å². The van der Waals surface area contributed by atoms with Gasteiger partial charge in [0.05, 0.1) is 0 Å². The van der Waals surface area contributed by atoms with Gasteiger partial charge in [-0.1, -0.05) is 13.5 Å². The van der Waals surface area contributed by atoms with Gasteiger partial charge in [-0.2, -0.15) is 0 Å². The molecule has 0 radical (unpaired) electrons. The van der Waals surface area contributed by atoms with Gasteiger partial charge in [0.2, 0.25) is 0 Å². The highest BCUT2D eigenvalue weighted by Gasteiger charge is 2.05. The second-order valence-corrected chi connectivity index (χ2v) is 5.08. The second-order valence-electron chi connectivity index (χ2n) is 2.83. The molecule has 0 saturated carbocycles. The molecule has 0 spiro atoms. The predicted octanol–water partition coefficient (Wildman–Crippen LogP) is 4.18. The molecule has 1 heterocycles. The van der Waals surface area contributed by atoms with Crippen LogP contribution < -0.4 is 0 Å². The molecule has 0 aliphatic heterocycles. The first kappa shape index (κ1) is 10.6. The number of benzene rings is 1. The second kappa shape index (κ2) is 4.77. The number of thioether (sulfide) groups is 2. The van der Waals surface area contributed by atoms with E-state index in [4.69, 9.17) is 4.42 Å². The molecule has 0 saturated heterocycles. The van der Waals surface area contributed by atoms with Gasteiger partial charge in [-0.15, -0.1) is 11.8 Å². The standard InChI is InChI=1S/C11H11NOS2/c1-3-14-8-5-6-9-10(7-8)13-11(12-9)15-4-2/h4-7H,2-3H2,1H3. The first-order chi connectivity index (χ1) is 7.33. The van der Waals surface area contributed by atoms with Crippen LogP contribution in [0.25, 0.3) is 11.1 Å². The summed E-state index contributed by atoms with van der Waals surface area (Å²) in [7, 11) is 0. The largest absolute Gasteiger partial charge is 0.431 e. The first-order valence-corrected chi connectivity index (χ1v) is 6.51. The van der Waals surface area contributed by atoms with E-state index >= 15 is 0 Å². The van der Waals surface area contributed by atoms with Gasteiger partial charge in [-0.05, 0) is 41.1 Å². The fourth-order valence-corrected chi connectivity index (χ4v) is 2.38. The summed E-state index contributed by atoms with van der Waals surface area (Å²) >= 11 is 3.20. The molecule has 0 atom stereocenters. The van der Waals surface area contributed by atoms with Crippen LogP contribution in [-0.2, 0) is 0 Å². The van der Waals surface area contributed by atoms with Crippen molar-refractivity contribution in [1.82, 2.24) is 4.98 Å². The number of fused-ring (bicyclic) bond motifs is 1. The van der Waals surface area contributed by atoms with Crippen molar-refractivity contribution in [3.63, 3.8) is 0 Å². The monoisotopic (exact) mass is 237 g/mol. The van der Waals surface area contributed by atoms with Crippen LogP contribution in [-0.4, -0.2) is 10.7 Å². The van der Waals surface area contributed by atoms with Crippen molar-refractivity contribution in [3.8, 4) is 0 Å². The fourth-order valence-electron chi connectivity index (χ4n) is 1.26. The Kier molecular flexibility index (Phi) is 3.38. The molecule has 15 heavy (non-hydrogen) atoms. The average Bonchev–Trinajstić information content (AvgIpc) is 2.60. The van der Waals surface area contributed by atoms with Gasteiger partial charge in [0, 0.05) is 4.90 Å². The number of nitrogens with zero attached hydrogens (tertiary/aromatic N) is 1. The highest BCUT2D eigenvalue weighted by Crippen LogP contribution is 2.27. The van der Waals surface area contributed by atoms with E-state index in [1.54, 1.807) is 17.2 Å². The number of rotatable bonds is 4. The number of hydrogen-bond acceptors (Lipinski definition) is 4. The Labute approximate surface area is 97.1 Å². The lowest BCUT2D eigenvalue weighted by molar-refractivity contribution is 0.490. The van der Waals surface area contributed by atoms with E-state index in [-0.39, 0.29) is 0 Å². The maximum atomic E-state index is 5.56. The Morgan fingerprint density at radius 3 is 3.13 bits per heavy atom. The van der Waals surface area contributed by atoms with E-state index in [0.717, 1.165) is 16.9 Å². The summed E-state index contributed by atoms with van der Waals surface area (Å²) in [5.74, 6) is 1.06. The summed E-state index contributed by atoms with van der Waals surface area (Å²) in [6.45, 7) is 5.77. The van der Waals surface area contributed by atoms with Crippen LogP contribution in [0, 0.1) is 0 Å². The highest BCUT2D eigenvalue weighted by atomic mass is 32.2. The molecular formula is C11H11NOS2. The van der Waals surface area contributed by atoms with Gasteiger partial charge in [-0.25, -0.2) is 4.98 Å². The molecule has 2 aromatic rings. The molecule has 0 fully saturated rings. The Bertz CT molecular complexity index is 478. The predicted molar refractivity (Wildman–Crippen MR) is 66.5 cm³/mol. The Hall–Kier alpha value is -0.870. The van der Waals surface area contributed by atoms with Crippen molar-refractivity contribution in [2.24, 2.45) is 0 Å². The molecule has 0 unspecified atom stereocenters. The minimum Gasteiger partial charge on any atom is -0.431 e. The van der Waals surface area contributed by atoms with Crippen LogP contribution in [0.2, 0.25) is 0 Å². The Morgan fingerprint density at radius 1 is 1.53 bits per heavy atom. The van der Waals surface area contributed by atoms with Gasteiger partial charge in [0.15, 0.2) is 5.58 Å². The van der Waals surface area contributed by atoms with Gasteiger partial charge in [0.25, 0.3) is 5.22 Å². The third-order valence-corrected chi connectivity index (χ3v) is 3.25. The highest BCUT2D eigenvalue weighted by molar-refractivity contribution is 8.01. The van der Waals surface area contributed by atoms with Crippen molar-refractivity contribution < 1.29 is 4.42 Å². The maximum Gasteiger partial charge on any atom is 0.261 e. The molecule has 0 aliphatic rings. The minimum absolute atomic E-state index is 0.652. The van der Waals surface area contributed by atoms with E-state index in [1.165, 1.54) is 16.7 Å². The smallest absolute Gasteiger partial charge is 0.261 e. The van der Waals surface area contributed by atoms with Crippen LogP contribution in [0.5, 0.6) is 0 Å². The normalized spacial score (nSPS) is 10.7. The fraction of sp³-hybridized carbons (Fsp3) is 0.182. The van der Waals surface area contributed by atoms with Gasteiger partial charge in [0.1, 0.15) is 5.52 Å². The van der Waals surface area contributed by atoms with Crippen LogP contribution in [0.3, 0.4) is 0 Å². The summed E-state index contributed by atoms with van der Waals surface area (Å²) in [5, 5.41) is 2.37. The summed E-state index contributed by atoms with van der Waals surface area (Å²) < 4.78 is 5.56. The molecule has 0 aliphatic carbocycles. The Balaban J connectivity index is 2.38. The quantitative estimate of drug-likeness (QED) is 0.745. The first-order valence-electron chi connectivity index (χ1n) is 4.64. The van der Waals surface area contributed by atoms with E-state index in [2.05, 4.69) is 24.6 Å². The summed E-state index contributed by atoms with van der Waals surface area (Å²) in [6.07, 6.45) is 0. The van der Waals surface area contributed by atoms with E-state index < -0.39 is 0 Å². The lowest BCUT2D eigenvalue weighted by Crippen LogP contribution is -1.72. The minimum atomic E-state index is 0.652. The third kappa shape index (κ3) is 2.38. The third-order valence-electron chi connectivity index (χ3n) is 1.84. The van der Waals surface area contributed by atoms with Crippen molar-refractivity contribution in [2.45, 2.75) is 17.0 Å². The molecule has 78 valence electrons. The van der Waals surface area contributed by atoms with E-state index in [0.29, 0.717) is 5.22 Å². The average molecular weight is 237 g/mol. The molecule has 1 aromatic heterocycles. The molecular weight excluding hydrogens is 226 g/mol. The molecule has 0 bridgehead atoms. The van der Waals surface area contributed by atoms with Gasteiger partial charge >= 0.3 is 0 Å². The van der Waals surface area contributed by atoms with Crippen molar-refractivity contribution in [3.05, 3.63) is 30.2 Å². The van der Waals surface area contributed by atoms with E-state index in [9.17, 15) is 0 Å². The van der Waals surface area contributed by atoms with Gasteiger partial charge in [-0.3, -0.25) is 0 Å². The lowest BCUT2D eigenvalue weighted by Gasteiger charge is -1.95. The number of aromatic nitrogens is 1.